The number of nitrogens with zero attached hydrogens (tertiary/aromatic N) is 2. The van der Waals surface area contributed by atoms with Crippen LogP contribution in [0.15, 0.2) is 6.07 Å². The van der Waals surface area contributed by atoms with Crippen LogP contribution in [0.3, 0.4) is 0 Å². The molecule has 0 saturated heterocycles. The zero-order valence-electron chi connectivity index (χ0n) is 8.95. The number of hydrogen-bond acceptors (Lipinski definition) is 4. The van der Waals surface area contributed by atoms with Gasteiger partial charge in [0.2, 0.25) is 0 Å². The fraction of sp³-hybridized carbons (Fsp3) is 0.600. The lowest BCUT2D eigenvalue weighted by Gasteiger charge is -2.09. The molecule has 0 aliphatic heterocycles. The Morgan fingerprint density at radius 2 is 1.93 bits per heavy atom. The van der Waals surface area contributed by atoms with E-state index in [2.05, 4.69) is 9.97 Å². The number of hydrogen-bond donors (Lipinski definition) is 1. The standard InChI is InChI=1S/C10H17N3O/c1-7-4-8(2)13-10(12-7)5-9(11)6-14-3/h4,9H,5-6,11H2,1-3H3. The van der Waals surface area contributed by atoms with E-state index >= 15 is 0 Å². The van der Waals surface area contributed by atoms with E-state index in [0.717, 1.165) is 17.2 Å². The van der Waals surface area contributed by atoms with Crippen LogP contribution in [0.2, 0.25) is 0 Å². The summed E-state index contributed by atoms with van der Waals surface area (Å²) in [6.45, 7) is 4.45. The molecular formula is C10H17N3O. The van der Waals surface area contributed by atoms with Crippen molar-refractivity contribution in [2.24, 2.45) is 5.73 Å². The molecule has 0 amide bonds. The second-order valence-corrected chi connectivity index (χ2v) is 3.49. The van der Waals surface area contributed by atoms with Crippen molar-refractivity contribution in [1.29, 1.82) is 0 Å². The van der Waals surface area contributed by atoms with Crippen molar-refractivity contribution < 1.29 is 4.74 Å². The summed E-state index contributed by atoms with van der Waals surface area (Å²) in [5, 5.41) is 0. The molecule has 0 saturated carbocycles. The molecule has 4 nitrogen and oxygen atoms in total. The van der Waals surface area contributed by atoms with Crippen molar-refractivity contribution in [1.82, 2.24) is 9.97 Å². The van der Waals surface area contributed by atoms with Gasteiger partial charge in [0.15, 0.2) is 0 Å². The SMILES string of the molecule is COCC(N)Cc1nc(C)cc(C)n1. The van der Waals surface area contributed by atoms with Crippen LogP contribution >= 0.6 is 0 Å². The molecule has 4 heteroatoms. The fourth-order valence-corrected chi connectivity index (χ4v) is 1.40. The summed E-state index contributed by atoms with van der Waals surface area (Å²) in [5.74, 6) is 0.798. The van der Waals surface area contributed by atoms with Crippen molar-refractivity contribution in [3.63, 3.8) is 0 Å². The minimum atomic E-state index is -0.0267. The summed E-state index contributed by atoms with van der Waals surface area (Å²) < 4.78 is 4.96. The highest BCUT2D eigenvalue weighted by atomic mass is 16.5. The van der Waals surface area contributed by atoms with E-state index in [-0.39, 0.29) is 6.04 Å². The van der Waals surface area contributed by atoms with Gasteiger partial charge in [-0.05, 0) is 19.9 Å². The molecule has 0 aliphatic rings. The Balaban J connectivity index is 2.66. The van der Waals surface area contributed by atoms with Gasteiger partial charge < -0.3 is 10.5 Å². The van der Waals surface area contributed by atoms with E-state index in [0.29, 0.717) is 13.0 Å². The quantitative estimate of drug-likeness (QED) is 0.764. The summed E-state index contributed by atoms with van der Waals surface area (Å²) in [6, 6.07) is 1.92. The van der Waals surface area contributed by atoms with Crippen LogP contribution in [-0.4, -0.2) is 29.7 Å². The third kappa shape index (κ3) is 3.40. The maximum atomic E-state index is 5.81. The number of methoxy groups -OCH3 is 1. The van der Waals surface area contributed by atoms with E-state index in [4.69, 9.17) is 10.5 Å². The lowest BCUT2D eigenvalue weighted by molar-refractivity contribution is 0.179. The highest BCUT2D eigenvalue weighted by Crippen LogP contribution is 2.01. The molecule has 1 heterocycles. The molecule has 0 fully saturated rings. The van der Waals surface area contributed by atoms with Crippen LogP contribution in [0.25, 0.3) is 0 Å². The summed E-state index contributed by atoms with van der Waals surface area (Å²) in [5.41, 5.74) is 7.78. The van der Waals surface area contributed by atoms with Crippen molar-refractivity contribution in [3.05, 3.63) is 23.3 Å². The number of nitrogens with two attached hydrogens (primary N) is 1. The first kappa shape index (κ1) is 11.1. The molecule has 1 atom stereocenters. The van der Waals surface area contributed by atoms with Crippen molar-refractivity contribution in [2.75, 3.05) is 13.7 Å². The van der Waals surface area contributed by atoms with Crippen LogP contribution in [0.5, 0.6) is 0 Å². The predicted molar refractivity (Wildman–Crippen MR) is 55.1 cm³/mol. The molecule has 2 N–H and O–H groups in total. The van der Waals surface area contributed by atoms with E-state index in [1.54, 1.807) is 7.11 Å². The van der Waals surface area contributed by atoms with Gasteiger partial charge in [0.1, 0.15) is 5.82 Å². The molecule has 0 aliphatic carbocycles. The number of ether oxygens (including phenoxy) is 1. The Labute approximate surface area is 84.5 Å². The number of aromatic nitrogens is 2. The smallest absolute Gasteiger partial charge is 0.130 e. The summed E-state index contributed by atoms with van der Waals surface area (Å²) in [7, 11) is 1.64. The molecule has 0 bridgehead atoms. The molecule has 1 aromatic rings. The minimum absolute atomic E-state index is 0.0267. The summed E-state index contributed by atoms with van der Waals surface area (Å²) >= 11 is 0. The van der Waals surface area contributed by atoms with Gasteiger partial charge in [-0.3, -0.25) is 0 Å². The number of aryl methyl sites for hydroxylation is 2. The Bertz CT molecular complexity index is 281. The minimum Gasteiger partial charge on any atom is -0.383 e. The van der Waals surface area contributed by atoms with E-state index in [9.17, 15) is 0 Å². The van der Waals surface area contributed by atoms with E-state index in [1.807, 2.05) is 19.9 Å². The zero-order valence-corrected chi connectivity index (χ0v) is 8.95. The lowest BCUT2D eigenvalue weighted by atomic mass is 10.2. The van der Waals surface area contributed by atoms with Crippen molar-refractivity contribution >= 4 is 0 Å². The fourth-order valence-electron chi connectivity index (χ4n) is 1.40. The van der Waals surface area contributed by atoms with Gasteiger partial charge in [-0.15, -0.1) is 0 Å². The molecule has 78 valence electrons. The average Bonchev–Trinajstić information content (AvgIpc) is 2.01. The summed E-state index contributed by atoms with van der Waals surface area (Å²) in [6.07, 6.45) is 0.663. The molecule has 1 rings (SSSR count). The van der Waals surface area contributed by atoms with E-state index in [1.165, 1.54) is 0 Å². The largest absolute Gasteiger partial charge is 0.383 e. The third-order valence-electron chi connectivity index (χ3n) is 1.85. The Morgan fingerprint density at radius 1 is 1.36 bits per heavy atom. The first-order valence-corrected chi connectivity index (χ1v) is 4.67. The Kier molecular flexibility index (Phi) is 3.98. The molecule has 14 heavy (non-hydrogen) atoms. The second kappa shape index (κ2) is 5.02. The molecular weight excluding hydrogens is 178 g/mol. The monoisotopic (exact) mass is 195 g/mol. The lowest BCUT2D eigenvalue weighted by Crippen LogP contribution is -2.29. The van der Waals surface area contributed by atoms with Gasteiger partial charge in [-0.2, -0.15) is 0 Å². The van der Waals surface area contributed by atoms with Crippen molar-refractivity contribution in [3.8, 4) is 0 Å². The van der Waals surface area contributed by atoms with Gasteiger partial charge in [0.25, 0.3) is 0 Å². The summed E-state index contributed by atoms with van der Waals surface area (Å²) in [4.78, 5) is 8.62. The topological polar surface area (TPSA) is 61.0 Å². The zero-order chi connectivity index (χ0) is 10.6. The van der Waals surface area contributed by atoms with E-state index < -0.39 is 0 Å². The van der Waals surface area contributed by atoms with Gasteiger partial charge in [-0.25, -0.2) is 9.97 Å². The van der Waals surface area contributed by atoms with Crippen LogP contribution in [0.1, 0.15) is 17.2 Å². The van der Waals surface area contributed by atoms with Gasteiger partial charge in [-0.1, -0.05) is 0 Å². The number of rotatable bonds is 4. The first-order chi connectivity index (χ1) is 6.61. The predicted octanol–water partition coefficient (Wildman–Crippen LogP) is 0.610. The normalized spacial score (nSPS) is 12.9. The van der Waals surface area contributed by atoms with Gasteiger partial charge in [0.05, 0.1) is 6.61 Å². The maximum Gasteiger partial charge on any atom is 0.130 e. The van der Waals surface area contributed by atoms with Crippen LogP contribution in [-0.2, 0) is 11.2 Å². The second-order valence-electron chi connectivity index (χ2n) is 3.49. The first-order valence-electron chi connectivity index (χ1n) is 4.67. The third-order valence-corrected chi connectivity index (χ3v) is 1.85. The van der Waals surface area contributed by atoms with Crippen molar-refractivity contribution in [2.45, 2.75) is 26.3 Å². The Morgan fingerprint density at radius 3 is 2.43 bits per heavy atom. The molecule has 0 spiro atoms. The Hall–Kier alpha value is -1.00. The average molecular weight is 195 g/mol. The molecule has 1 unspecified atom stereocenters. The highest BCUT2D eigenvalue weighted by molar-refractivity contribution is 5.08. The highest BCUT2D eigenvalue weighted by Gasteiger charge is 2.06. The van der Waals surface area contributed by atoms with Gasteiger partial charge >= 0.3 is 0 Å². The molecule has 1 aromatic heterocycles. The molecule has 0 radical (unpaired) electrons. The van der Waals surface area contributed by atoms with Gasteiger partial charge in [0, 0.05) is 31.0 Å². The van der Waals surface area contributed by atoms with Crippen LogP contribution < -0.4 is 5.73 Å². The van der Waals surface area contributed by atoms with Crippen LogP contribution in [0.4, 0.5) is 0 Å². The van der Waals surface area contributed by atoms with Crippen LogP contribution in [0, 0.1) is 13.8 Å². The maximum absolute atomic E-state index is 5.81. The molecule has 0 aromatic carbocycles.